The second-order valence-electron chi connectivity index (χ2n) is 3.06. The Kier molecular flexibility index (Phi) is 1.68. The van der Waals surface area contributed by atoms with Gasteiger partial charge in [-0.05, 0) is 24.3 Å². The standard InChI is InChI=1S/C10H8N4O/c1-3-7-9(11-5-1)13-14-10(12-7)8-4-2-6-15-8/h1-6H,(H,11,13)(H,12,14). The maximum Gasteiger partial charge on any atom is 0.188 e. The summed E-state index contributed by atoms with van der Waals surface area (Å²) in [7, 11) is 0. The van der Waals surface area contributed by atoms with Crippen LogP contribution in [0, 0.1) is 0 Å². The van der Waals surface area contributed by atoms with Gasteiger partial charge in [0.05, 0.1) is 6.26 Å². The van der Waals surface area contributed by atoms with Gasteiger partial charge in [-0.3, -0.25) is 10.9 Å². The number of aliphatic imine (C=N–C) groups is 1. The van der Waals surface area contributed by atoms with E-state index in [9.17, 15) is 0 Å². The summed E-state index contributed by atoms with van der Waals surface area (Å²) in [6, 6.07) is 7.39. The topological polar surface area (TPSA) is 62.5 Å². The highest BCUT2D eigenvalue weighted by atomic mass is 16.3. The minimum absolute atomic E-state index is 0.653. The highest BCUT2D eigenvalue weighted by molar-refractivity contribution is 6.00. The Hall–Kier alpha value is -2.30. The molecule has 0 bridgehead atoms. The minimum Gasteiger partial charge on any atom is -0.461 e. The molecule has 0 aliphatic carbocycles. The molecule has 1 aliphatic rings. The summed E-state index contributed by atoms with van der Waals surface area (Å²) in [4.78, 5) is 8.50. The van der Waals surface area contributed by atoms with E-state index in [2.05, 4.69) is 20.8 Å². The first-order chi connectivity index (χ1) is 7.43. The number of hydrazine groups is 1. The van der Waals surface area contributed by atoms with E-state index in [-0.39, 0.29) is 0 Å². The van der Waals surface area contributed by atoms with Crippen LogP contribution in [-0.4, -0.2) is 10.8 Å². The van der Waals surface area contributed by atoms with Gasteiger partial charge in [-0.25, -0.2) is 9.98 Å². The molecule has 5 nitrogen and oxygen atoms in total. The normalized spacial score (nSPS) is 13.5. The maximum absolute atomic E-state index is 5.23. The molecule has 15 heavy (non-hydrogen) atoms. The Morgan fingerprint density at radius 3 is 3.00 bits per heavy atom. The van der Waals surface area contributed by atoms with Crippen LogP contribution < -0.4 is 10.9 Å². The molecule has 3 heterocycles. The van der Waals surface area contributed by atoms with E-state index in [4.69, 9.17) is 4.42 Å². The summed E-state index contributed by atoms with van der Waals surface area (Å²) in [6.45, 7) is 0. The van der Waals surface area contributed by atoms with Crippen LogP contribution in [0.5, 0.6) is 0 Å². The van der Waals surface area contributed by atoms with Crippen molar-refractivity contribution in [3.63, 3.8) is 0 Å². The fraction of sp³-hybridized carbons (Fsp3) is 0. The Bertz CT molecular complexity index is 504. The Morgan fingerprint density at radius 1 is 1.13 bits per heavy atom. The van der Waals surface area contributed by atoms with Gasteiger partial charge in [0.1, 0.15) is 5.69 Å². The Morgan fingerprint density at radius 2 is 2.13 bits per heavy atom. The van der Waals surface area contributed by atoms with Crippen molar-refractivity contribution in [1.29, 1.82) is 0 Å². The first kappa shape index (κ1) is 8.05. The van der Waals surface area contributed by atoms with Crippen molar-refractivity contribution in [3.8, 4) is 0 Å². The van der Waals surface area contributed by atoms with Crippen molar-refractivity contribution in [2.45, 2.75) is 0 Å². The SMILES string of the molecule is c1coc(C2=Nc3cccnc3NN2)c1. The number of fused-ring (bicyclic) bond motifs is 1. The molecule has 5 heteroatoms. The zero-order chi connectivity index (χ0) is 10.1. The molecule has 2 aromatic heterocycles. The molecule has 0 aromatic carbocycles. The lowest BCUT2D eigenvalue weighted by Gasteiger charge is -2.16. The number of aromatic nitrogens is 1. The van der Waals surface area contributed by atoms with Gasteiger partial charge in [-0.2, -0.15) is 0 Å². The van der Waals surface area contributed by atoms with Crippen LogP contribution in [0.25, 0.3) is 0 Å². The van der Waals surface area contributed by atoms with Crippen molar-refractivity contribution in [2.75, 3.05) is 5.43 Å². The minimum atomic E-state index is 0.653. The van der Waals surface area contributed by atoms with E-state index in [0.29, 0.717) is 17.4 Å². The molecule has 2 N–H and O–H groups in total. The summed E-state index contributed by atoms with van der Waals surface area (Å²) >= 11 is 0. The molecule has 74 valence electrons. The lowest BCUT2D eigenvalue weighted by Crippen LogP contribution is -2.32. The van der Waals surface area contributed by atoms with E-state index in [1.165, 1.54) is 0 Å². The highest BCUT2D eigenvalue weighted by Gasteiger charge is 2.13. The smallest absolute Gasteiger partial charge is 0.188 e. The third-order valence-corrected chi connectivity index (χ3v) is 2.07. The van der Waals surface area contributed by atoms with Crippen LogP contribution >= 0.6 is 0 Å². The fourth-order valence-electron chi connectivity index (χ4n) is 1.38. The molecule has 0 fully saturated rings. The number of rotatable bonds is 1. The van der Waals surface area contributed by atoms with Crippen molar-refractivity contribution < 1.29 is 4.42 Å². The zero-order valence-electron chi connectivity index (χ0n) is 7.77. The van der Waals surface area contributed by atoms with Crippen LogP contribution in [0.3, 0.4) is 0 Å². The highest BCUT2D eigenvalue weighted by Crippen LogP contribution is 2.24. The summed E-state index contributed by atoms with van der Waals surface area (Å²) in [5.74, 6) is 2.06. The number of hydrogen-bond acceptors (Lipinski definition) is 5. The first-order valence-electron chi connectivity index (χ1n) is 4.53. The number of hydrogen-bond donors (Lipinski definition) is 2. The van der Waals surface area contributed by atoms with Crippen LogP contribution in [-0.2, 0) is 0 Å². The lowest BCUT2D eigenvalue weighted by atomic mass is 10.3. The molecule has 0 spiro atoms. The second-order valence-corrected chi connectivity index (χ2v) is 3.06. The molecule has 0 radical (unpaired) electrons. The van der Waals surface area contributed by atoms with Crippen LogP contribution in [0.2, 0.25) is 0 Å². The van der Waals surface area contributed by atoms with Crippen molar-refractivity contribution in [2.24, 2.45) is 4.99 Å². The quantitative estimate of drug-likeness (QED) is 0.735. The van der Waals surface area contributed by atoms with E-state index >= 15 is 0 Å². The summed E-state index contributed by atoms with van der Waals surface area (Å²) < 4.78 is 5.23. The number of furan rings is 1. The summed E-state index contributed by atoms with van der Waals surface area (Å²) in [5.41, 5.74) is 6.66. The van der Waals surface area contributed by atoms with E-state index in [0.717, 1.165) is 5.69 Å². The molecule has 1 aliphatic heterocycles. The van der Waals surface area contributed by atoms with Gasteiger partial charge in [-0.15, -0.1) is 0 Å². The molecular weight excluding hydrogens is 192 g/mol. The third-order valence-electron chi connectivity index (χ3n) is 2.07. The Balaban J connectivity index is 2.06. The monoisotopic (exact) mass is 200 g/mol. The van der Waals surface area contributed by atoms with E-state index < -0.39 is 0 Å². The van der Waals surface area contributed by atoms with Crippen molar-refractivity contribution in [1.82, 2.24) is 10.4 Å². The van der Waals surface area contributed by atoms with Gasteiger partial charge in [0, 0.05) is 6.20 Å². The van der Waals surface area contributed by atoms with E-state index in [1.54, 1.807) is 12.5 Å². The van der Waals surface area contributed by atoms with Gasteiger partial charge in [0.25, 0.3) is 0 Å². The third kappa shape index (κ3) is 1.34. The molecule has 0 saturated carbocycles. The second kappa shape index (κ2) is 3.13. The molecule has 0 unspecified atom stereocenters. The molecular formula is C10H8N4O. The number of pyridine rings is 1. The first-order valence-corrected chi connectivity index (χ1v) is 4.53. The fourth-order valence-corrected chi connectivity index (χ4v) is 1.38. The number of nitrogens with one attached hydrogen (secondary N) is 2. The Labute approximate surface area is 85.8 Å². The maximum atomic E-state index is 5.23. The number of nitrogens with zero attached hydrogens (tertiary/aromatic N) is 2. The molecule has 0 amide bonds. The number of anilines is 1. The van der Waals surface area contributed by atoms with Gasteiger partial charge in [-0.1, -0.05) is 0 Å². The average molecular weight is 200 g/mol. The number of amidine groups is 1. The predicted octanol–water partition coefficient (Wildman–Crippen LogP) is 1.68. The van der Waals surface area contributed by atoms with Gasteiger partial charge < -0.3 is 4.42 Å². The van der Waals surface area contributed by atoms with Gasteiger partial charge >= 0.3 is 0 Å². The average Bonchev–Trinajstić information content (AvgIpc) is 2.82. The molecule has 2 aromatic rings. The lowest BCUT2D eigenvalue weighted by molar-refractivity contribution is 0.554. The summed E-state index contributed by atoms with van der Waals surface area (Å²) in [6.07, 6.45) is 3.32. The van der Waals surface area contributed by atoms with Gasteiger partial charge in [0.2, 0.25) is 0 Å². The predicted molar refractivity (Wildman–Crippen MR) is 55.9 cm³/mol. The van der Waals surface area contributed by atoms with Crippen molar-refractivity contribution in [3.05, 3.63) is 42.5 Å². The molecule has 0 atom stereocenters. The zero-order valence-corrected chi connectivity index (χ0v) is 7.77. The van der Waals surface area contributed by atoms with Crippen molar-refractivity contribution >= 4 is 17.3 Å². The largest absolute Gasteiger partial charge is 0.461 e. The summed E-state index contributed by atoms with van der Waals surface area (Å²) in [5, 5.41) is 0. The van der Waals surface area contributed by atoms with Crippen LogP contribution in [0.4, 0.5) is 11.5 Å². The molecule has 0 saturated heterocycles. The van der Waals surface area contributed by atoms with Gasteiger partial charge in [0.15, 0.2) is 17.4 Å². The van der Waals surface area contributed by atoms with Crippen LogP contribution in [0.1, 0.15) is 5.76 Å². The van der Waals surface area contributed by atoms with Crippen LogP contribution in [0.15, 0.2) is 46.1 Å². The molecule has 3 rings (SSSR count). The van der Waals surface area contributed by atoms with E-state index in [1.807, 2.05) is 24.3 Å².